The maximum absolute atomic E-state index is 6.18. The van der Waals surface area contributed by atoms with Crippen LogP contribution in [0.2, 0.25) is 8.67 Å². The van der Waals surface area contributed by atoms with Gasteiger partial charge in [-0.2, -0.15) is 0 Å². The SMILES string of the molecule is CC(C)NCCC(C)(C)c1cc(Cl)sc1Cl. The van der Waals surface area contributed by atoms with E-state index in [1.54, 1.807) is 0 Å². The van der Waals surface area contributed by atoms with E-state index in [1.165, 1.54) is 11.3 Å². The Bertz CT molecular complexity index is 345. The van der Waals surface area contributed by atoms with E-state index in [4.69, 9.17) is 23.2 Å². The molecule has 4 heteroatoms. The largest absolute Gasteiger partial charge is 0.315 e. The second kappa shape index (κ2) is 5.72. The molecule has 1 N–H and O–H groups in total. The molecule has 1 nitrogen and oxygen atoms in total. The highest BCUT2D eigenvalue weighted by Gasteiger charge is 2.24. The molecule has 16 heavy (non-hydrogen) atoms. The minimum Gasteiger partial charge on any atom is -0.315 e. The van der Waals surface area contributed by atoms with Gasteiger partial charge in [-0.15, -0.1) is 11.3 Å². The summed E-state index contributed by atoms with van der Waals surface area (Å²) in [6.07, 6.45) is 1.05. The van der Waals surface area contributed by atoms with Gasteiger partial charge in [-0.1, -0.05) is 50.9 Å². The molecule has 0 saturated carbocycles. The van der Waals surface area contributed by atoms with Crippen LogP contribution in [0.5, 0.6) is 0 Å². The van der Waals surface area contributed by atoms with Crippen LogP contribution in [0.15, 0.2) is 6.07 Å². The standard InChI is InChI=1S/C12H19Cl2NS/c1-8(2)15-6-5-12(3,4)9-7-10(13)16-11(9)14/h7-8,15H,5-6H2,1-4H3. The molecule has 0 aliphatic carbocycles. The molecular formula is C12H19Cl2NS. The van der Waals surface area contributed by atoms with Crippen molar-refractivity contribution >= 4 is 34.5 Å². The molecule has 0 aliphatic rings. The summed E-state index contributed by atoms with van der Waals surface area (Å²) in [7, 11) is 0. The van der Waals surface area contributed by atoms with Crippen LogP contribution in [0, 0.1) is 0 Å². The van der Waals surface area contributed by atoms with Gasteiger partial charge < -0.3 is 5.32 Å². The zero-order chi connectivity index (χ0) is 12.3. The lowest BCUT2D eigenvalue weighted by molar-refractivity contribution is 0.442. The van der Waals surface area contributed by atoms with E-state index in [1.807, 2.05) is 6.07 Å². The zero-order valence-electron chi connectivity index (χ0n) is 10.2. The van der Waals surface area contributed by atoms with Gasteiger partial charge in [-0.25, -0.2) is 0 Å². The lowest BCUT2D eigenvalue weighted by Gasteiger charge is -2.25. The van der Waals surface area contributed by atoms with Crippen LogP contribution < -0.4 is 5.32 Å². The molecule has 1 aromatic heterocycles. The Balaban J connectivity index is 2.66. The van der Waals surface area contributed by atoms with Crippen molar-refractivity contribution in [2.45, 2.75) is 45.6 Å². The molecule has 0 saturated heterocycles. The van der Waals surface area contributed by atoms with Gasteiger partial charge in [0, 0.05) is 6.04 Å². The first kappa shape index (κ1) is 14.3. The molecule has 1 heterocycles. The fraction of sp³-hybridized carbons (Fsp3) is 0.667. The van der Waals surface area contributed by atoms with E-state index in [9.17, 15) is 0 Å². The molecule has 0 radical (unpaired) electrons. The summed E-state index contributed by atoms with van der Waals surface area (Å²) in [4.78, 5) is 0. The molecule has 0 fully saturated rings. The molecule has 1 rings (SSSR count). The normalized spacial score (nSPS) is 12.4. The van der Waals surface area contributed by atoms with Crippen molar-refractivity contribution < 1.29 is 0 Å². The maximum atomic E-state index is 6.18. The topological polar surface area (TPSA) is 12.0 Å². The smallest absolute Gasteiger partial charge is 0.0981 e. The van der Waals surface area contributed by atoms with Crippen LogP contribution in [0.3, 0.4) is 0 Å². The predicted molar refractivity (Wildman–Crippen MR) is 75.1 cm³/mol. The number of hydrogen-bond acceptors (Lipinski definition) is 2. The van der Waals surface area contributed by atoms with Crippen LogP contribution in [0.1, 0.15) is 39.7 Å². The van der Waals surface area contributed by atoms with Gasteiger partial charge in [-0.05, 0) is 30.0 Å². The third-order valence-electron chi connectivity index (χ3n) is 2.69. The number of thiophene rings is 1. The van der Waals surface area contributed by atoms with E-state index < -0.39 is 0 Å². The number of halogens is 2. The monoisotopic (exact) mass is 279 g/mol. The summed E-state index contributed by atoms with van der Waals surface area (Å²) in [5, 5.41) is 3.42. The van der Waals surface area contributed by atoms with E-state index in [-0.39, 0.29) is 5.41 Å². The quantitative estimate of drug-likeness (QED) is 0.822. The first-order valence-corrected chi connectivity index (χ1v) is 7.09. The summed E-state index contributed by atoms with van der Waals surface area (Å²) in [5.41, 5.74) is 1.23. The van der Waals surface area contributed by atoms with Crippen molar-refractivity contribution in [3.8, 4) is 0 Å². The summed E-state index contributed by atoms with van der Waals surface area (Å²) < 4.78 is 1.59. The van der Waals surface area contributed by atoms with Gasteiger partial charge in [-0.3, -0.25) is 0 Å². The van der Waals surface area contributed by atoms with Crippen molar-refractivity contribution in [3.63, 3.8) is 0 Å². The fourth-order valence-electron chi connectivity index (χ4n) is 1.61. The van der Waals surface area contributed by atoms with Crippen molar-refractivity contribution in [2.24, 2.45) is 0 Å². The Kier molecular flexibility index (Phi) is 5.11. The molecule has 0 aromatic carbocycles. The Morgan fingerprint density at radius 2 is 2.00 bits per heavy atom. The molecule has 0 bridgehead atoms. The molecule has 0 aliphatic heterocycles. The number of hydrogen-bond donors (Lipinski definition) is 1. The second-order valence-corrected chi connectivity index (χ2v) is 7.27. The summed E-state index contributed by atoms with van der Waals surface area (Å²) >= 11 is 13.6. The van der Waals surface area contributed by atoms with E-state index in [0.29, 0.717) is 6.04 Å². The van der Waals surface area contributed by atoms with Crippen LogP contribution in [-0.2, 0) is 5.41 Å². The van der Waals surface area contributed by atoms with Crippen LogP contribution in [0.4, 0.5) is 0 Å². The lowest BCUT2D eigenvalue weighted by atomic mass is 9.83. The summed E-state index contributed by atoms with van der Waals surface area (Å²) in [6.45, 7) is 9.72. The van der Waals surface area contributed by atoms with Crippen molar-refractivity contribution in [2.75, 3.05) is 6.54 Å². The van der Waals surface area contributed by atoms with E-state index in [2.05, 4.69) is 33.0 Å². The predicted octanol–water partition coefficient (Wildman–Crippen LogP) is 4.72. The van der Waals surface area contributed by atoms with Gasteiger partial charge in [0.25, 0.3) is 0 Å². The molecular weight excluding hydrogens is 261 g/mol. The first-order valence-electron chi connectivity index (χ1n) is 5.51. The molecule has 0 unspecified atom stereocenters. The first-order chi connectivity index (χ1) is 7.33. The minimum absolute atomic E-state index is 0.0720. The molecule has 0 atom stereocenters. The Labute approximate surface area is 112 Å². The van der Waals surface area contributed by atoms with Crippen LogP contribution >= 0.6 is 34.5 Å². The van der Waals surface area contributed by atoms with Gasteiger partial charge in [0.15, 0.2) is 0 Å². The van der Waals surface area contributed by atoms with E-state index in [0.717, 1.165) is 27.2 Å². The highest BCUT2D eigenvalue weighted by Crippen LogP contribution is 2.40. The zero-order valence-corrected chi connectivity index (χ0v) is 12.6. The van der Waals surface area contributed by atoms with Crippen LogP contribution in [-0.4, -0.2) is 12.6 Å². The Morgan fingerprint density at radius 1 is 1.38 bits per heavy atom. The molecule has 92 valence electrons. The van der Waals surface area contributed by atoms with E-state index >= 15 is 0 Å². The van der Waals surface area contributed by atoms with Crippen molar-refractivity contribution in [1.82, 2.24) is 5.32 Å². The maximum Gasteiger partial charge on any atom is 0.0981 e. The Hall–Kier alpha value is 0.240. The third-order valence-corrected chi connectivity index (χ3v) is 4.18. The Morgan fingerprint density at radius 3 is 2.44 bits per heavy atom. The third kappa shape index (κ3) is 3.92. The number of rotatable bonds is 5. The minimum atomic E-state index is 0.0720. The van der Waals surface area contributed by atoms with Crippen LogP contribution in [0.25, 0.3) is 0 Å². The molecule has 0 amide bonds. The fourth-order valence-corrected chi connectivity index (χ4v) is 3.42. The van der Waals surface area contributed by atoms with Gasteiger partial charge in [0.2, 0.25) is 0 Å². The highest BCUT2D eigenvalue weighted by atomic mass is 35.5. The lowest BCUT2D eigenvalue weighted by Crippen LogP contribution is -2.29. The molecule has 1 aromatic rings. The van der Waals surface area contributed by atoms with Crippen molar-refractivity contribution in [1.29, 1.82) is 0 Å². The second-order valence-electron chi connectivity index (χ2n) is 4.98. The van der Waals surface area contributed by atoms with Gasteiger partial charge in [0.1, 0.15) is 0 Å². The number of nitrogens with one attached hydrogen (secondary N) is 1. The van der Waals surface area contributed by atoms with Gasteiger partial charge >= 0.3 is 0 Å². The summed E-state index contributed by atoms with van der Waals surface area (Å²) in [6, 6.07) is 2.52. The average Bonchev–Trinajstić information content (AvgIpc) is 2.44. The van der Waals surface area contributed by atoms with Crippen molar-refractivity contribution in [3.05, 3.63) is 20.3 Å². The van der Waals surface area contributed by atoms with Gasteiger partial charge in [0.05, 0.1) is 8.67 Å². The summed E-state index contributed by atoms with van der Waals surface area (Å²) in [5.74, 6) is 0. The molecule has 0 spiro atoms. The average molecular weight is 280 g/mol. The highest BCUT2D eigenvalue weighted by molar-refractivity contribution is 7.20.